The molecule has 5 heteroatoms. The molecule has 1 heterocycles. The molecule has 0 saturated heterocycles. The van der Waals surface area contributed by atoms with Crippen LogP contribution in [0.5, 0.6) is 5.75 Å². The van der Waals surface area contributed by atoms with Crippen LogP contribution >= 0.6 is 0 Å². The van der Waals surface area contributed by atoms with Crippen LogP contribution in [0.1, 0.15) is 82.2 Å². The molecule has 0 aliphatic rings. The van der Waals surface area contributed by atoms with Gasteiger partial charge >= 0.3 is 0 Å². The summed E-state index contributed by atoms with van der Waals surface area (Å²) in [4.78, 5) is 14.8. The van der Waals surface area contributed by atoms with Gasteiger partial charge in [-0.3, -0.25) is 4.98 Å². The number of hydrogen-bond donors (Lipinski definition) is 1. The largest absolute Gasteiger partial charge is 0.491 e. The molecule has 0 radical (unpaired) electrons. The van der Waals surface area contributed by atoms with Crippen LogP contribution < -0.4 is 4.74 Å². The molecule has 1 aromatic heterocycles. The first kappa shape index (κ1) is 30.8. The number of benzene rings is 2. The van der Waals surface area contributed by atoms with Crippen LogP contribution in [-0.4, -0.2) is 36.0 Å². The highest BCUT2D eigenvalue weighted by atomic mass is 17.2. The maximum atomic E-state index is 10.4. The monoisotopic (exact) mass is 533 g/mol. The van der Waals surface area contributed by atoms with Crippen LogP contribution in [0, 0.1) is 19.3 Å². The van der Waals surface area contributed by atoms with Crippen molar-refractivity contribution in [2.24, 2.45) is 5.41 Å². The number of ether oxygens (including phenoxy) is 1. The minimum absolute atomic E-state index is 0.102. The van der Waals surface area contributed by atoms with Crippen LogP contribution in [0.2, 0.25) is 0 Å². The summed E-state index contributed by atoms with van der Waals surface area (Å²) in [5, 5.41) is 10.4. The van der Waals surface area contributed by atoms with Crippen LogP contribution in [0.25, 0.3) is 11.3 Å². The van der Waals surface area contributed by atoms with Gasteiger partial charge in [0.05, 0.1) is 25.0 Å². The van der Waals surface area contributed by atoms with E-state index in [1.807, 2.05) is 33.9 Å². The molecule has 0 spiro atoms. The first-order chi connectivity index (χ1) is 18.6. The Bertz CT molecular complexity index is 1190. The van der Waals surface area contributed by atoms with E-state index in [1.54, 1.807) is 0 Å². The summed E-state index contributed by atoms with van der Waals surface area (Å²) in [5.41, 5.74) is 7.84. The fraction of sp³-hybridized carbons (Fsp3) is 0.500. The lowest BCUT2D eigenvalue weighted by molar-refractivity contribution is -0.290. The van der Waals surface area contributed by atoms with E-state index in [9.17, 15) is 5.11 Å². The molecule has 1 unspecified atom stereocenters. The van der Waals surface area contributed by atoms with Crippen LogP contribution in [0.3, 0.4) is 0 Å². The van der Waals surface area contributed by atoms with Gasteiger partial charge in [0, 0.05) is 23.6 Å². The van der Waals surface area contributed by atoms with Crippen molar-refractivity contribution in [3.8, 4) is 17.0 Å². The maximum Gasteiger partial charge on any atom is 0.122 e. The fourth-order valence-electron chi connectivity index (χ4n) is 5.04. The zero-order valence-corrected chi connectivity index (χ0v) is 25.1. The van der Waals surface area contributed by atoms with E-state index in [1.165, 1.54) is 16.7 Å². The van der Waals surface area contributed by atoms with Crippen LogP contribution in [-0.2, 0) is 21.6 Å². The molecule has 0 amide bonds. The molecule has 0 aliphatic heterocycles. The van der Waals surface area contributed by atoms with Crippen molar-refractivity contribution < 1.29 is 19.6 Å². The van der Waals surface area contributed by atoms with E-state index >= 15 is 0 Å². The van der Waals surface area contributed by atoms with Crippen molar-refractivity contribution in [1.82, 2.24) is 4.98 Å². The molecular formula is C34H47NO4. The summed E-state index contributed by atoms with van der Waals surface area (Å²) in [5.74, 6) is 0.827. The number of aromatic nitrogens is 1. The third-order valence-corrected chi connectivity index (χ3v) is 7.89. The zero-order chi connectivity index (χ0) is 28.6. The van der Waals surface area contributed by atoms with Crippen molar-refractivity contribution in [1.29, 1.82) is 0 Å². The Morgan fingerprint density at radius 3 is 2.05 bits per heavy atom. The van der Waals surface area contributed by atoms with E-state index in [-0.39, 0.29) is 17.4 Å². The Hall–Kier alpha value is -2.73. The lowest BCUT2D eigenvalue weighted by Gasteiger charge is -2.34. The zero-order valence-electron chi connectivity index (χ0n) is 25.1. The number of nitrogens with zero attached hydrogens (tertiary/aromatic N) is 1. The first-order valence-corrected chi connectivity index (χ1v) is 14.3. The molecule has 0 bridgehead atoms. The molecule has 5 nitrogen and oxygen atoms in total. The third-order valence-electron chi connectivity index (χ3n) is 7.89. The molecule has 0 aliphatic carbocycles. The predicted octanol–water partition coefficient (Wildman–Crippen LogP) is 7.77. The molecular weight excluding hydrogens is 486 g/mol. The Morgan fingerprint density at radius 2 is 1.51 bits per heavy atom. The van der Waals surface area contributed by atoms with Crippen molar-refractivity contribution >= 4 is 0 Å². The molecule has 1 atom stereocenters. The topological polar surface area (TPSA) is 60.8 Å². The highest BCUT2D eigenvalue weighted by molar-refractivity contribution is 5.65. The van der Waals surface area contributed by atoms with E-state index in [4.69, 9.17) is 19.5 Å². The van der Waals surface area contributed by atoms with Gasteiger partial charge in [0.25, 0.3) is 0 Å². The van der Waals surface area contributed by atoms with E-state index in [0.29, 0.717) is 13.2 Å². The van der Waals surface area contributed by atoms with Gasteiger partial charge in [0.1, 0.15) is 12.4 Å². The van der Waals surface area contributed by atoms with Crippen molar-refractivity contribution in [2.45, 2.75) is 86.2 Å². The van der Waals surface area contributed by atoms with Crippen molar-refractivity contribution in [2.75, 3.05) is 19.8 Å². The number of aliphatic hydroxyl groups is 1. The molecule has 212 valence electrons. The molecule has 1 N–H and O–H groups in total. The summed E-state index contributed by atoms with van der Waals surface area (Å²) < 4.78 is 6.02. The highest BCUT2D eigenvalue weighted by Gasteiger charge is 2.32. The second-order valence-corrected chi connectivity index (χ2v) is 11.5. The normalized spacial score (nSPS) is 12.9. The molecule has 39 heavy (non-hydrogen) atoms. The van der Waals surface area contributed by atoms with Crippen molar-refractivity contribution in [3.63, 3.8) is 0 Å². The third kappa shape index (κ3) is 7.47. The second-order valence-electron chi connectivity index (χ2n) is 11.5. The summed E-state index contributed by atoms with van der Waals surface area (Å²) in [6.45, 7) is 18.1. The van der Waals surface area contributed by atoms with Crippen LogP contribution in [0.15, 0.2) is 54.7 Å². The predicted molar refractivity (Wildman–Crippen MR) is 159 cm³/mol. The van der Waals surface area contributed by atoms with Gasteiger partial charge in [-0.1, -0.05) is 71.0 Å². The summed E-state index contributed by atoms with van der Waals surface area (Å²) in [6, 6.07) is 17.5. The Morgan fingerprint density at radius 1 is 0.846 bits per heavy atom. The van der Waals surface area contributed by atoms with Gasteiger partial charge in [-0.05, 0) is 79.0 Å². The summed E-state index contributed by atoms with van der Waals surface area (Å²) >= 11 is 0. The fourth-order valence-corrected chi connectivity index (χ4v) is 5.04. The SMILES string of the molecule is CCOOCCc1ccc(-c2ccc(C(CC)(CC)c3ccc(OCC(O)C(C)(C)C)c(C)c3)cc2C)nc1. The first-order valence-electron chi connectivity index (χ1n) is 14.3. The number of aryl methyl sites for hydroxylation is 2. The van der Waals surface area contributed by atoms with E-state index in [2.05, 4.69) is 76.2 Å². The molecule has 0 fully saturated rings. The van der Waals surface area contributed by atoms with Crippen LogP contribution in [0.4, 0.5) is 0 Å². The van der Waals surface area contributed by atoms with Gasteiger partial charge in [-0.15, -0.1) is 0 Å². The Balaban J connectivity index is 1.83. The molecule has 3 aromatic rings. The molecule has 3 rings (SSSR count). The van der Waals surface area contributed by atoms with E-state index in [0.717, 1.165) is 47.4 Å². The van der Waals surface area contributed by atoms with Gasteiger partial charge in [-0.2, -0.15) is 0 Å². The lowest BCUT2D eigenvalue weighted by atomic mass is 9.69. The van der Waals surface area contributed by atoms with E-state index < -0.39 is 6.10 Å². The van der Waals surface area contributed by atoms with Gasteiger partial charge < -0.3 is 9.84 Å². The summed E-state index contributed by atoms with van der Waals surface area (Å²) in [6.07, 6.45) is 4.14. The quantitative estimate of drug-likeness (QED) is 0.138. The minimum Gasteiger partial charge on any atom is -0.491 e. The average Bonchev–Trinajstić information content (AvgIpc) is 2.91. The number of pyridine rings is 1. The smallest absolute Gasteiger partial charge is 0.122 e. The second kappa shape index (κ2) is 13.6. The number of aliphatic hydroxyl groups excluding tert-OH is 1. The molecule has 2 aromatic carbocycles. The highest BCUT2D eigenvalue weighted by Crippen LogP contribution is 2.41. The maximum absolute atomic E-state index is 10.4. The van der Waals surface area contributed by atoms with Gasteiger partial charge in [0.2, 0.25) is 0 Å². The standard InChI is InChI=1S/C34H47NO4/c1-9-34(10-2,28-14-17-31(25(5)21-28)37-23-32(36)33(6,7)8)27-13-15-29(24(4)20-27)30-16-12-26(22-35-30)18-19-39-38-11-3/h12-17,20-22,32,36H,9-11,18-19,23H2,1-8H3. The average molecular weight is 534 g/mol. The van der Waals surface area contributed by atoms with Gasteiger partial charge in [-0.25, -0.2) is 9.78 Å². The number of hydrogen-bond acceptors (Lipinski definition) is 5. The Labute approximate surface area is 235 Å². The lowest BCUT2D eigenvalue weighted by Crippen LogP contribution is -2.32. The molecule has 0 saturated carbocycles. The van der Waals surface area contributed by atoms with Gasteiger partial charge in [0.15, 0.2) is 0 Å². The minimum atomic E-state index is -0.524. The Kier molecular flexibility index (Phi) is 10.7. The van der Waals surface area contributed by atoms with Crippen molar-refractivity contribution in [3.05, 3.63) is 82.5 Å². The number of rotatable bonds is 13. The summed E-state index contributed by atoms with van der Waals surface area (Å²) in [7, 11) is 0.